The van der Waals surface area contributed by atoms with Crippen LogP contribution in [0.4, 0.5) is 5.95 Å². The molecule has 0 aliphatic carbocycles. The lowest BCUT2D eigenvalue weighted by Gasteiger charge is -2.03. The van der Waals surface area contributed by atoms with Crippen LogP contribution in [0.3, 0.4) is 0 Å². The van der Waals surface area contributed by atoms with Crippen LogP contribution in [0.15, 0.2) is 24.7 Å². The van der Waals surface area contributed by atoms with Crippen molar-refractivity contribution in [2.45, 2.75) is 20.3 Å². The normalized spacial score (nSPS) is 10.9. The zero-order chi connectivity index (χ0) is 14.1. The Balaban J connectivity index is 1.96. The molecule has 2 N–H and O–H groups in total. The summed E-state index contributed by atoms with van der Waals surface area (Å²) < 4.78 is 1.92. The van der Waals surface area contributed by atoms with E-state index in [1.807, 2.05) is 17.4 Å². The molecular formula is C13H14N6O. The Morgan fingerprint density at radius 1 is 1.45 bits per heavy atom. The zero-order valence-corrected chi connectivity index (χ0v) is 11.2. The summed E-state index contributed by atoms with van der Waals surface area (Å²) in [5.74, 6) is 0.0847. The summed E-state index contributed by atoms with van der Waals surface area (Å²) in [7, 11) is 0. The summed E-state index contributed by atoms with van der Waals surface area (Å²) in [6.07, 6.45) is 3.99. The minimum absolute atomic E-state index is 0.241. The fraction of sp³-hybridized carbons (Fsp3) is 0.231. The number of nitrogens with zero attached hydrogens (tertiary/aromatic N) is 4. The molecule has 0 atom stereocenters. The van der Waals surface area contributed by atoms with E-state index in [4.69, 9.17) is 0 Å². The second-order valence-electron chi connectivity index (χ2n) is 4.43. The Labute approximate surface area is 115 Å². The lowest BCUT2D eigenvalue weighted by atomic mass is 10.2. The number of rotatable bonds is 3. The summed E-state index contributed by atoms with van der Waals surface area (Å²) in [6.45, 7) is 4.06. The van der Waals surface area contributed by atoms with Gasteiger partial charge in [-0.25, -0.2) is 10.1 Å². The lowest BCUT2D eigenvalue weighted by molar-refractivity contribution is 0.102. The molecule has 0 aliphatic heterocycles. The van der Waals surface area contributed by atoms with Crippen molar-refractivity contribution in [2.24, 2.45) is 0 Å². The number of anilines is 1. The van der Waals surface area contributed by atoms with Gasteiger partial charge in [-0.1, -0.05) is 6.92 Å². The van der Waals surface area contributed by atoms with Crippen LogP contribution in [0.25, 0.3) is 5.65 Å². The predicted octanol–water partition coefficient (Wildman–Crippen LogP) is 1.58. The molecular weight excluding hydrogens is 256 g/mol. The second kappa shape index (κ2) is 4.76. The van der Waals surface area contributed by atoms with Gasteiger partial charge >= 0.3 is 0 Å². The molecule has 0 bridgehead atoms. The first-order valence-electron chi connectivity index (χ1n) is 6.33. The minimum Gasteiger partial charge on any atom is -0.303 e. The van der Waals surface area contributed by atoms with Gasteiger partial charge in [-0.15, -0.1) is 0 Å². The van der Waals surface area contributed by atoms with Gasteiger partial charge in [0.25, 0.3) is 5.91 Å². The van der Waals surface area contributed by atoms with Crippen molar-refractivity contribution >= 4 is 17.5 Å². The van der Waals surface area contributed by atoms with E-state index >= 15 is 0 Å². The first kappa shape index (κ1) is 12.3. The number of nitrogens with one attached hydrogen (secondary N) is 2. The first-order chi connectivity index (χ1) is 9.69. The highest BCUT2D eigenvalue weighted by Gasteiger charge is 2.11. The van der Waals surface area contributed by atoms with Crippen LogP contribution in [0, 0.1) is 6.92 Å². The third-order valence-corrected chi connectivity index (χ3v) is 3.20. The van der Waals surface area contributed by atoms with Gasteiger partial charge in [0, 0.05) is 11.9 Å². The Kier molecular flexibility index (Phi) is 2.94. The van der Waals surface area contributed by atoms with Gasteiger partial charge in [-0.3, -0.25) is 10.1 Å². The van der Waals surface area contributed by atoms with E-state index in [-0.39, 0.29) is 5.91 Å². The van der Waals surface area contributed by atoms with Crippen molar-refractivity contribution < 1.29 is 4.79 Å². The number of imidazole rings is 1. The van der Waals surface area contributed by atoms with Gasteiger partial charge in [0.05, 0.1) is 11.3 Å². The molecule has 20 heavy (non-hydrogen) atoms. The van der Waals surface area contributed by atoms with Crippen LogP contribution in [0.2, 0.25) is 0 Å². The van der Waals surface area contributed by atoms with E-state index in [2.05, 4.69) is 32.4 Å². The number of hydrogen-bond acceptors (Lipinski definition) is 4. The Bertz CT molecular complexity index is 759. The molecule has 1 amide bonds. The molecule has 3 heterocycles. The Hall–Kier alpha value is -2.70. The van der Waals surface area contributed by atoms with Crippen molar-refractivity contribution in [3.05, 3.63) is 41.6 Å². The molecule has 0 aromatic carbocycles. The predicted molar refractivity (Wildman–Crippen MR) is 73.6 cm³/mol. The molecule has 0 spiro atoms. The van der Waals surface area contributed by atoms with Gasteiger partial charge in [0.1, 0.15) is 12.0 Å². The van der Waals surface area contributed by atoms with Crippen molar-refractivity contribution in [3.8, 4) is 0 Å². The molecule has 0 fully saturated rings. The van der Waals surface area contributed by atoms with Gasteiger partial charge in [-0.05, 0) is 25.5 Å². The SMILES string of the molecule is CCc1nc2ccc(C(=O)Nc3ncn[nH]3)cn2c1C. The van der Waals surface area contributed by atoms with Crippen LogP contribution in [0.5, 0.6) is 0 Å². The van der Waals surface area contributed by atoms with Gasteiger partial charge in [-0.2, -0.15) is 10.1 Å². The third-order valence-electron chi connectivity index (χ3n) is 3.20. The first-order valence-corrected chi connectivity index (χ1v) is 6.33. The van der Waals surface area contributed by atoms with E-state index in [1.54, 1.807) is 12.3 Å². The molecule has 0 radical (unpaired) electrons. The Morgan fingerprint density at radius 2 is 2.30 bits per heavy atom. The van der Waals surface area contributed by atoms with E-state index in [9.17, 15) is 4.79 Å². The minimum atomic E-state index is -0.241. The van der Waals surface area contributed by atoms with Gasteiger partial charge in [0.2, 0.25) is 5.95 Å². The lowest BCUT2D eigenvalue weighted by Crippen LogP contribution is -2.13. The fourth-order valence-electron chi connectivity index (χ4n) is 2.13. The molecule has 7 heteroatoms. The summed E-state index contributed by atoms with van der Waals surface area (Å²) in [4.78, 5) is 20.5. The third kappa shape index (κ3) is 2.03. The molecule has 3 aromatic heterocycles. The van der Waals surface area contributed by atoms with Gasteiger partial charge in [0.15, 0.2) is 0 Å². The summed E-state index contributed by atoms with van der Waals surface area (Å²) in [5.41, 5.74) is 3.47. The maximum absolute atomic E-state index is 12.1. The summed E-state index contributed by atoms with van der Waals surface area (Å²) in [6, 6.07) is 3.58. The Morgan fingerprint density at radius 3 is 3.00 bits per heavy atom. The standard InChI is InChI=1S/C13H14N6O/c1-3-10-8(2)19-6-9(4-5-11(19)16-10)12(20)17-13-14-7-15-18-13/h4-7H,3H2,1-2H3,(H2,14,15,17,18,20). The highest BCUT2D eigenvalue weighted by Crippen LogP contribution is 2.14. The highest BCUT2D eigenvalue weighted by molar-refractivity contribution is 6.03. The molecule has 3 aromatic rings. The summed E-state index contributed by atoms with van der Waals surface area (Å²) >= 11 is 0. The second-order valence-corrected chi connectivity index (χ2v) is 4.43. The zero-order valence-electron chi connectivity index (χ0n) is 11.2. The molecule has 0 unspecified atom stereocenters. The van der Waals surface area contributed by atoms with Gasteiger partial charge < -0.3 is 4.40 Å². The fourth-order valence-corrected chi connectivity index (χ4v) is 2.13. The average molecular weight is 270 g/mol. The number of fused-ring (bicyclic) bond motifs is 1. The number of carbonyl (C=O) groups excluding carboxylic acids is 1. The van der Waals surface area contributed by atoms with Crippen LogP contribution in [-0.2, 0) is 6.42 Å². The topological polar surface area (TPSA) is 88.0 Å². The average Bonchev–Trinajstić information content (AvgIpc) is 3.07. The van der Waals surface area contributed by atoms with Crippen molar-refractivity contribution in [1.82, 2.24) is 24.6 Å². The number of hydrogen-bond donors (Lipinski definition) is 2. The molecule has 0 saturated carbocycles. The quantitative estimate of drug-likeness (QED) is 0.756. The van der Waals surface area contributed by atoms with Crippen LogP contribution in [-0.4, -0.2) is 30.5 Å². The van der Waals surface area contributed by atoms with E-state index < -0.39 is 0 Å². The summed E-state index contributed by atoms with van der Waals surface area (Å²) in [5, 5.41) is 8.91. The van der Waals surface area contributed by atoms with Crippen LogP contribution >= 0.6 is 0 Å². The smallest absolute Gasteiger partial charge is 0.259 e. The number of H-pyrrole nitrogens is 1. The molecule has 7 nitrogen and oxygen atoms in total. The molecule has 0 saturated heterocycles. The number of amides is 1. The van der Waals surface area contributed by atoms with E-state index in [1.165, 1.54) is 6.33 Å². The van der Waals surface area contributed by atoms with E-state index in [0.717, 1.165) is 23.5 Å². The monoisotopic (exact) mass is 270 g/mol. The number of aryl methyl sites for hydroxylation is 2. The van der Waals surface area contributed by atoms with Crippen molar-refractivity contribution in [2.75, 3.05) is 5.32 Å². The molecule has 3 rings (SSSR count). The van der Waals surface area contributed by atoms with Crippen molar-refractivity contribution in [1.29, 1.82) is 0 Å². The highest BCUT2D eigenvalue weighted by atomic mass is 16.1. The maximum atomic E-state index is 12.1. The largest absolute Gasteiger partial charge is 0.303 e. The van der Waals surface area contributed by atoms with Crippen LogP contribution < -0.4 is 5.32 Å². The molecule has 0 aliphatic rings. The van der Waals surface area contributed by atoms with E-state index in [0.29, 0.717) is 11.5 Å². The number of carbonyl (C=O) groups is 1. The number of aromatic nitrogens is 5. The maximum Gasteiger partial charge on any atom is 0.259 e. The number of aromatic amines is 1. The van der Waals surface area contributed by atoms with Crippen molar-refractivity contribution in [3.63, 3.8) is 0 Å². The van der Waals surface area contributed by atoms with Crippen LogP contribution in [0.1, 0.15) is 28.7 Å². The number of pyridine rings is 1. The molecule has 102 valence electrons.